The highest BCUT2D eigenvalue weighted by Gasteiger charge is 2.35. The first kappa shape index (κ1) is 25.7. The first-order chi connectivity index (χ1) is 17.3. The molecule has 36 heavy (non-hydrogen) atoms. The fourth-order valence-electron chi connectivity index (χ4n) is 4.28. The van der Waals surface area contributed by atoms with Gasteiger partial charge in [0.2, 0.25) is 0 Å². The minimum absolute atomic E-state index is 0.0161. The van der Waals surface area contributed by atoms with Gasteiger partial charge in [-0.2, -0.15) is 0 Å². The van der Waals surface area contributed by atoms with E-state index in [-0.39, 0.29) is 18.2 Å². The van der Waals surface area contributed by atoms with Crippen LogP contribution in [0.3, 0.4) is 0 Å². The molecule has 190 valence electrons. The number of ether oxygens (including phenoxy) is 3. The first-order valence-electron chi connectivity index (χ1n) is 12.5. The molecule has 0 spiro atoms. The highest BCUT2D eigenvalue weighted by atomic mass is 16.6. The maximum atomic E-state index is 12.4. The van der Waals surface area contributed by atoms with E-state index >= 15 is 0 Å². The fourth-order valence-corrected chi connectivity index (χ4v) is 4.28. The van der Waals surface area contributed by atoms with Crippen molar-refractivity contribution in [1.29, 1.82) is 0 Å². The zero-order valence-electron chi connectivity index (χ0n) is 21.6. The van der Waals surface area contributed by atoms with Gasteiger partial charge in [0.1, 0.15) is 18.0 Å². The second-order valence-corrected chi connectivity index (χ2v) is 10.3. The smallest absolute Gasteiger partial charge is 0.410 e. The Morgan fingerprint density at radius 3 is 2.44 bits per heavy atom. The van der Waals surface area contributed by atoms with E-state index < -0.39 is 5.60 Å². The van der Waals surface area contributed by atoms with Crippen molar-refractivity contribution in [3.8, 4) is 16.9 Å². The Hall–Kier alpha value is -3.38. The summed E-state index contributed by atoms with van der Waals surface area (Å²) in [4.78, 5) is 18.5. The number of rotatable bonds is 9. The predicted octanol–water partition coefficient (Wildman–Crippen LogP) is 5.94. The Bertz CT molecular complexity index is 1140. The van der Waals surface area contributed by atoms with Gasteiger partial charge in [-0.15, -0.1) is 0 Å². The summed E-state index contributed by atoms with van der Waals surface area (Å²) in [5.74, 6) is 0.688. The molecule has 6 nitrogen and oxygen atoms in total. The number of hydrogen-bond acceptors (Lipinski definition) is 5. The lowest BCUT2D eigenvalue weighted by Gasteiger charge is -2.40. The molecule has 1 aliphatic heterocycles. The van der Waals surface area contributed by atoms with Gasteiger partial charge < -0.3 is 19.1 Å². The summed E-state index contributed by atoms with van der Waals surface area (Å²) < 4.78 is 17.3. The van der Waals surface area contributed by atoms with Crippen molar-refractivity contribution in [1.82, 2.24) is 9.88 Å². The quantitative estimate of drug-likeness (QED) is 0.373. The lowest BCUT2D eigenvalue weighted by atomic mass is 9.98. The number of methoxy groups -OCH3 is 1. The Labute approximate surface area is 214 Å². The van der Waals surface area contributed by atoms with E-state index in [4.69, 9.17) is 14.2 Å². The maximum absolute atomic E-state index is 12.4. The molecule has 3 aromatic rings. The lowest BCUT2D eigenvalue weighted by Crippen LogP contribution is -2.55. The van der Waals surface area contributed by atoms with Crippen LogP contribution >= 0.6 is 0 Å². The van der Waals surface area contributed by atoms with Gasteiger partial charge in [-0.05, 0) is 62.8 Å². The molecule has 2 aromatic carbocycles. The van der Waals surface area contributed by atoms with Crippen molar-refractivity contribution >= 4 is 6.09 Å². The molecule has 0 unspecified atom stereocenters. The van der Waals surface area contributed by atoms with Gasteiger partial charge in [-0.25, -0.2) is 4.79 Å². The summed E-state index contributed by atoms with van der Waals surface area (Å²) in [5.41, 5.74) is 4.05. The molecule has 0 N–H and O–H groups in total. The van der Waals surface area contributed by atoms with E-state index in [0.717, 1.165) is 30.4 Å². The average molecular weight is 489 g/mol. The topological polar surface area (TPSA) is 60.9 Å². The Morgan fingerprint density at radius 1 is 1.00 bits per heavy atom. The van der Waals surface area contributed by atoms with Crippen LogP contribution in [0.25, 0.3) is 11.1 Å². The number of benzene rings is 2. The number of hydrogen-bond donors (Lipinski definition) is 0. The number of aromatic nitrogens is 1. The zero-order chi connectivity index (χ0) is 25.5. The number of pyridine rings is 1. The summed E-state index contributed by atoms with van der Waals surface area (Å²) in [6.07, 6.45) is 5.97. The molecule has 1 aromatic heterocycles. The highest BCUT2D eigenvalue weighted by molar-refractivity contribution is 5.69. The van der Waals surface area contributed by atoms with Crippen LogP contribution in [0.1, 0.15) is 38.3 Å². The zero-order valence-corrected chi connectivity index (χ0v) is 21.6. The molecule has 0 bridgehead atoms. The third-order valence-electron chi connectivity index (χ3n) is 6.29. The van der Waals surface area contributed by atoms with E-state index in [2.05, 4.69) is 53.5 Å². The Morgan fingerprint density at radius 2 is 1.75 bits per heavy atom. The van der Waals surface area contributed by atoms with Crippen LogP contribution in [0.2, 0.25) is 0 Å². The molecule has 2 heterocycles. The standard InChI is InChI=1S/C30H36N2O4/c1-30(2,3)36-29(33)32-14-13-26(32)21-35-28-18-25(19-31-20-28)24-12-8-11-23(15-24)17-27(34-4)16-22-9-6-5-7-10-22/h5-12,15,18-20,26-27H,13-14,16-17,21H2,1-4H3/t26-,27-/m0/s1. The molecule has 6 heteroatoms. The van der Waals surface area contributed by atoms with E-state index in [0.29, 0.717) is 18.9 Å². The van der Waals surface area contributed by atoms with Crippen LogP contribution in [-0.4, -0.2) is 54.0 Å². The highest BCUT2D eigenvalue weighted by Crippen LogP contribution is 2.26. The van der Waals surface area contributed by atoms with E-state index in [1.165, 1.54) is 11.1 Å². The van der Waals surface area contributed by atoms with Crippen molar-refractivity contribution in [3.05, 3.63) is 84.2 Å². The van der Waals surface area contributed by atoms with Gasteiger partial charge >= 0.3 is 6.09 Å². The van der Waals surface area contributed by atoms with Crippen molar-refractivity contribution in [2.75, 3.05) is 20.3 Å². The number of carbonyl (C=O) groups is 1. The minimum Gasteiger partial charge on any atom is -0.490 e. The van der Waals surface area contributed by atoms with Crippen molar-refractivity contribution < 1.29 is 19.0 Å². The number of nitrogens with zero attached hydrogens (tertiary/aromatic N) is 2. The third-order valence-corrected chi connectivity index (χ3v) is 6.29. The second-order valence-electron chi connectivity index (χ2n) is 10.3. The summed E-state index contributed by atoms with van der Waals surface area (Å²) in [6.45, 7) is 6.74. The molecule has 0 aliphatic carbocycles. The van der Waals surface area contributed by atoms with Crippen molar-refractivity contribution in [3.63, 3.8) is 0 Å². The number of likely N-dealkylation sites (tertiary alicyclic amines) is 1. The molecule has 1 saturated heterocycles. The van der Waals surface area contributed by atoms with Crippen molar-refractivity contribution in [2.24, 2.45) is 0 Å². The molecule has 2 atom stereocenters. The molecule has 1 aliphatic rings. The number of amides is 1. The van der Waals surface area contributed by atoms with E-state index in [1.807, 2.05) is 39.1 Å². The van der Waals surface area contributed by atoms with Crippen LogP contribution in [0.15, 0.2) is 73.1 Å². The van der Waals surface area contributed by atoms with Crippen molar-refractivity contribution in [2.45, 2.75) is 57.8 Å². The van der Waals surface area contributed by atoms with Crippen LogP contribution in [0.4, 0.5) is 4.79 Å². The molecule has 4 rings (SSSR count). The molecular formula is C30H36N2O4. The van der Waals surface area contributed by atoms with Gasteiger partial charge in [-0.1, -0.05) is 54.6 Å². The van der Waals surface area contributed by atoms with Gasteiger partial charge in [-0.3, -0.25) is 4.98 Å². The molecular weight excluding hydrogens is 452 g/mol. The van der Waals surface area contributed by atoms with E-state index in [1.54, 1.807) is 18.2 Å². The first-order valence-corrected chi connectivity index (χ1v) is 12.5. The normalized spacial score (nSPS) is 16.2. The number of carbonyl (C=O) groups excluding carboxylic acids is 1. The molecule has 0 saturated carbocycles. The van der Waals surface area contributed by atoms with Crippen LogP contribution in [0.5, 0.6) is 5.75 Å². The summed E-state index contributed by atoms with van der Waals surface area (Å²) in [7, 11) is 1.77. The molecule has 1 amide bonds. The van der Waals surface area contributed by atoms with E-state index in [9.17, 15) is 4.79 Å². The fraction of sp³-hybridized carbons (Fsp3) is 0.400. The Kier molecular flexibility index (Phi) is 8.26. The Balaban J connectivity index is 1.37. The van der Waals surface area contributed by atoms with Gasteiger partial charge in [0.15, 0.2) is 0 Å². The van der Waals surface area contributed by atoms with Crippen LogP contribution < -0.4 is 4.74 Å². The summed E-state index contributed by atoms with van der Waals surface area (Å²) in [6, 6.07) is 20.9. The second kappa shape index (κ2) is 11.6. The molecule has 0 radical (unpaired) electrons. The van der Waals surface area contributed by atoms with Gasteiger partial charge in [0.25, 0.3) is 0 Å². The monoisotopic (exact) mass is 488 g/mol. The largest absolute Gasteiger partial charge is 0.490 e. The summed E-state index contributed by atoms with van der Waals surface area (Å²) >= 11 is 0. The average Bonchev–Trinajstić information content (AvgIpc) is 2.83. The van der Waals surface area contributed by atoms with Gasteiger partial charge in [0, 0.05) is 25.4 Å². The third kappa shape index (κ3) is 7.08. The minimum atomic E-state index is -0.504. The SMILES string of the molecule is CO[C@@H](Cc1ccccc1)Cc1cccc(-c2cncc(OC[C@@H]3CCN3C(=O)OC(C)(C)C)c2)c1. The lowest BCUT2D eigenvalue weighted by molar-refractivity contribution is -0.0141. The van der Waals surface area contributed by atoms with Crippen LogP contribution in [-0.2, 0) is 22.3 Å². The van der Waals surface area contributed by atoms with Gasteiger partial charge in [0.05, 0.1) is 18.3 Å². The molecule has 1 fully saturated rings. The predicted molar refractivity (Wildman–Crippen MR) is 141 cm³/mol. The van der Waals surface area contributed by atoms with Crippen LogP contribution in [0, 0.1) is 0 Å². The maximum Gasteiger partial charge on any atom is 0.410 e. The summed E-state index contributed by atoms with van der Waals surface area (Å²) in [5, 5.41) is 0.